The summed E-state index contributed by atoms with van der Waals surface area (Å²) in [5.74, 6) is 0.487. The standard InChI is InChI=1S/C13H12N6/c1-9-6-15-10(7-14-9)8-16-13-17-11-4-2-3-5-12(11)18-19-13/h2-7H,8H2,1H3,(H,16,17,19). The van der Waals surface area contributed by atoms with Crippen molar-refractivity contribution in [3.05, 3.63) is 48.0 Å². The highest BCUT2D eigenvalue weighted by Gasteiger charge is 2.01. The van der Waals surface area contributed by atoms with Crippen LogP contribution in [0, 0.1) is 6.92 Å². The number of aromatic nitrogens is 5. The molecule has 2 aromatic heterocycles. The fourth-order valence-electron chi connectivity index (χ4n) is 1.64. The van der Waals surface area contributed by atoms with Crippen molar-refractivity contribution in [1.82, 2.24) is 25.1 Å². The van der Waals surface area contributed by atoms with E-state index in [-0.39, 0.29) is 0 Å². The highest BCUT2D eigenvalue weighted by atomic mass is 15.2. The van der Waals surface area contributed by atoms with E-state index in [1.165, 1.54) is 0 Å². The highest BCUT2D eigenvalue weighted by Crippen LogP contribution is 2.09. The number of benzene rings is 1. The molecule has 0 spiro atoms. The highest BCUT2D eigenvalue weighted by molar-refractivity contribution is 5.73. The average molecular weight is 252 g/mol. The summed E-state index contributed by atoms with van der Waals surface area (Å²) in [5, 5.41) is 11.2. The Morgan fingerprint density at radius 3 is 2.63 bits per heavy atom. The van der Waals surface area contributed by atoms with E-state index in [2.05, 4.69) is 30.5 Å². The van der Waals surface area contributed by atoms with Gasteiger partial charge in [-0.2, -0.15) is 0 Å². The molecule has 2 heterocycles. The Balaban J connectivity index is 1.76. The van der Waals surface area contributed by atoms with E-state index in [0.717, 1.165) is 22.4 Å². The number of aryl methyl sites for hydroxylation is 1. The molecule has 0 fully saturated rings. The molecule has 0 bridgehead atoms. The SMILES string of the molecule is Cc1cnc(CNc2nnc3ccccc3n2)cn1. The van der Waals surface area contributed by atoms with Gasteiger partial charge in [-0.05, 0) is 19.1 Å². The lowest BCUT2D eigenvalue weighted by atomic mass is 10.3. The van der Waals surface area contributed by atoms with Crippen LogP contribution in [0.15, 0.2) is 36.7 Å². The molecule has 0 aliphatic carbocycles. The van der Waals surface area contributed by atoms with Gasteiger partial charge in [0, 0.05) is 6.20 Å². The van der Waals surface area contributed by atoms with E-state index in [4.69, 9.17) is 0 Å². The quantitative estimate of drug-likeness (QED) is 0.765. The summed E-state index contributed by atoms with van der Waals surface area (Å²) in [6.07, 6.45) is 3.47. The summed E-state index contributed by atoms with van der Waals surface area (Å²) in [5.41, 5.74) is 3.33. The third-order valence-electron chi connectivity index (χ3n) is 2.62. The minimum absolute atomic E-state index is 0.487. The minimum atomic E-state index is 0.487. The molecule has 1 aromatic carbocycles. The summed E-state index contributed by atoms with van der Waals surface area (Å²) in [6, 6.07) is 7.62. The normalized spacial score (nSPS) is 10.6. The second kappa shape index (κ2) is 4.93. The first-order chi connectivity index (χ1) is 9.31. The van der Waals surface area contributed by atoms with Gasteiger partial charge in [0.2, 0.25) is 5.95 Å². The Hall–Kier alpha value is -2.63. The Labute approximate surface area is 110 Å². The molecule has 0 radical (unpaired) electrons. The van der Waals surface area contributed by atoms with Crippen molar-refractivity contribution in [2.45, 2.75) is 13.5 Å². The predicted octanol–water partition coefficient (Wildman–Crippen LogP) is 1.74. The van der Waals surface area contributed by atoms with Crippen LogP contribution in [0.5, 0.6) is 0 Å². The minimum Gasteiger partial charge on any atom is -0.347 e. The first kappa shape index (κ1) is 11.5. The van der Waals surface area contributed by atoms with Gasteiger partial charge in [-0.1, -0.05) is 12.1 Å². The van der Waals surface area contributed by atoms with Crippen LogP contribution >= 0.6 is 0 Å². The Bertz CT molecular complexity index is 695. The van der Waals surface area contributed by atoms with Crippen LogP contribution < -0.4 is 5.32 Å². The van der Waals surface area contributed by atoms with Crippen molar-refractivity contribution in [3.8, 4) is 0 Å². The number of anilines is 1. The van der Waals surface area contributed by atoms with Gasteiger partial charge in [-0.3, -0.25) is 9.97 Å². The largest absolute Gasteiger partial charge is 0.347 e. The molecule has 3 rings (SSSR count). The molecule has 1 N–H and O–H groups in total. The van der Waals surface area contributed by atoms with E-state index in [1.54, 1.807) is 12.4 Å². The van der Waals surface area contributed by atoms with Crippen LogP contribution in [0.4, 0.5) is 5.95 Å². The zero-order valence-electron chi connectivity index (χ0n) is 10.4. The van der Waals surface area contributed by atoms with E-state index in [0.29, 0.717) is 12.5 Å². The maximum Gasteiger partial charge on any atom is 0.243 e. The molecule has 0 saturated heterocycles. The monoisotopic (exact) mass is 252 g/mol. The van der Waals surface area contributed by atoms with Crippen LogP contribution in [-0.2, 0) is 6.54 Å². The molecule has 6 nitrogen and oxygen atoms in total. The number of nitrogens with one attached hydrogen (secondary N) is 1. The van der Waals surface area contributed by atoms with Gasteiger partial charge >= 0.3 is 0 Å². The third-order valence-corrected chi connectivity index (χ3v) is 2.62. The Morgan fingerprint density at radius 2 is 1.84 bits per heavy atom. The smallest absolute Gasteiger partial charge is 0.243 e. The molecule has 0 aliphatic heterocycles. The molecule has 0 atom stereocenters. The van der Waals surface area contributed by atoms with E-state index >= 15 is 0 Å². The van der Waals surface area contributed by atoms with Crippen molar-refractivity contribution in [2.24, 2.45) is 0 Å². The summed E-state index contributed by atoms with van der Waals surface area (Å²) in [4.78, 5) is 12.8. The number of hydrogen-bond donors (Lipinski definition) is 1. The van der Waals surface area contributed by atoms with Crippen molar-refractivity contribution in [1.29, 1.82) is 0 Å². The van der Waals surface area contributed by atoms with Crippen molar-refractivity contribution < 1.29 is 0 Å². The fourth-order valence-corrected chi connectivity index (χ4v) is 1.64. The predicted molar refractivity (Wildman–Crippen MR) is 71.4 cm³/mol. The second-order valence-electron chi connectivity index (χ2n) is 4.13. The van der Waals surface area contributed by atoms with Crippen LogP contribution in [0.3, 0.4) is 0 Å². The Morgan fingerprint density at radius 1 is 1.00 bits per heavy atom. The van der Waals surface area contributed by atoms with Crippen LogP contribution in [0.1, 0.15) is 11.4 Å². The molecule has 19 heavy (non-hydrogen) atoms. The molecule has 0 amide bonds. The summed E-state index contributed by atoms with van der Waals surface area (Å²) >= 11 is 0. The number of nitrogens with zero attached hydrogens (tertiary/aromatic N) is 5. The topological polar surface area (TPSA) is 76.5 Å². The van der Waals surface area contributed by atoms with Crippen LogP contribution in [0.25, 0.3) is 11.0 Å². The van der Waals surface area contributed by atoms with Gasteiger partial charge < -0.3 is 5.32 Å². The molecular weight excluding hydrogens is 240 g/mol. The van der Waals surface area contributed by atoms with Crippen LogP contribution in [0.2, 0.25) is 0 Å². The van der Waals surface area contributed by atoms with Gasteiger partial charge in [0.25, 0.3) is 0 Å². The molecule has 6 heteroatoms. The van der Waals surface area contributed by atoms with Crippen molar-refractivity contribution >= 4 is 17.0 Å². The molecule has 94 valence electrons. The zero-order chi connectivity index (χ0) is 13.1. The van der Waals surface area contributed by atoms with Crippen molar-refractivity contribution in [2.75, 3.05) is 5.32 Å². The number of fused-ring (bicyclic) bond motifs is 1. The molecule has 0 saturated carbocycles. The number of rotatable bonds is 3. The zero-order valence-corrected chi connectivity index (χ0v) is 10.4. The lowest BCUT2D eigenvalue weighted by molar-refractivity contribution is 0.940. The van der Waals surface area contributed by atoms with Crippen LogP contribution in [-0.4, -0.2) is 25.1 Å². The van der Waals surface area contributed by atoms with Gasteiger partial charge in [0.05, 0.1) is 29.6 Å². The van der Waals surface area contributed by atoms with E-state index < -0.39 is 0 Å². The first-order valence-corrected chi connectivity index (χ1v) is 5.92. The van der Waals surface area contributed by atoms with Gasteiger partial charge in [0.1, 0.15) is 5.52 Å². The molecular formula is C13H12N6. The van der Waals surface area contributed by atoms with E-state index in [1.807, 2.05) is 31.2 Å². The summed E-state index contributed by atoms with van der Waals surface area (Å²) in [7, 11) is 0. The number of hydrogen-bond acceptors (Lipinski definition) is 6. The second-order valence-corrected chi connectivity index (χ2v) is 4.13. The van der Waals surface area contributed by atoms with Gasteiger partial charge in [-0.25, -0.2) is 4.98 Å². The summed E-state index contributed by atoms with van der Waals surface area (Å²) < 4.78 is 0. The summed E-state index contributed by atoms with van der Waals surface area (Å²) in [6.45, 7) is 2.42. The first-order valence-electron chi connectivity index (χ1n) is 5.92. The maximum atomic E-state index is 4.37. The molecule has 0 unspecified atom stereocenters. The maximum absolute atomic E-state index is 4.37. The molecule has 3 aromatic rings. The van der Waals surface area contributed by atoms with E-state index in [9.17, 15) is 0 Å². The van der Waals surface area contributed by atoms with Crippen molar-refractivity contribution in [3.63, 3.8) is 0 Å². The lowest BCUT2D eigenvalue weighted by Crippen LogP contribution is -2.06. The van der Waals surface area contributed by atoms with Gasteiger partial charge in [-0.15, -0.1) is 10.2 Å². The Kier molecular flexibility index (Phi) is 2.97. The van der Waals surface area contributed by atoms with Gasteiger partial charge in [0.15, 0.2) is 0 Å². The average Bonchev–Trinajstić information content (AvgIpc) is 2.46. The third kappa shape index (κ3) is 2.62. The molecule has 0 aliphatic rings. The fraction of sp³-hybridized carbons (Fsp3) is 0.154. The number of para-hydroxylation sites is 1. The lowest BCUT2D eigenvalue weighted by Gasteiger charge is -2.04.